The fraction of sp³-hybridized carbons (Fsp3) is 0.667. The maximum absolute atomic E-state index is 12.0. The van der Waals surface area contributed by atoms with Gasteiger partial charge in [-0.3, -0.25) is 9.78 Å². The van der Waals surface area contributed by atoms with Gasteiger partial charge in [0, 0.05) is 25.7 Å². The summed E-state index contributed by atoms with van der Waals surface area (Å²) in [6.07, 6.45) is 27.5. The van der Waals surface area contributed by atoms with Crippen molar-refractivity contribution in [1.29, 1.82) is 0 Å². The maximum atomic E-state index is 12.0. The molecule has 0 radical (unpaired) electrons. The molecule has 0 bridgehead atoms. The molecule has 6 nitrogen and oxygen atoms in total. The Morgan fingerprint density at radius 1 is 0.970 bits per heavy atom. The van der Waals surface area contributed by atoms with Crippen molar-refractivity contribution in [2.24, 2.45) is 0 Å². The van der Waals surface area contributed by atoms with Crippen LogP contribution in [0.4, 0.5) is 0 Å². The molecule has 6 heteroatoms. The molecule has 1 aliphatic rings. The predicted octanol–water partition coefficient (Wildman–Crippen LogP) is 7.12. The zero-order valence-electron chi connectivity index (χ0n) is 20.6. The monoisotopic (exact) mass is 458 g/mol. The fourth-order valence-electron chi connectivity index (χ4n) is 3.75. The van der Waals surface area contributed by atoms with Crippen LogP contribution in [0.2, 0.25) is 0 Å². The summed E-state index contributed by atoms with van der Waals surface area (Å²) in [5, 5.41) is 0. The van der Waals surface area contributed by atoms with Crippen molar-refractivity contribution in [3.63, 3.8) is 0 Å². The molecule has 184 valence electrons. The minimum Gasteiger partial charge on any atom is -0.457 e. The lowest BCUT2D eigenvalue weighted by Gasteiger charge is -2.22. The lowest BCUT2D eigenvalue weighted by Crippen LogP contribution is -2.25. The van der Waals surface area contributed by atoms with Gasteiger partial charge in [-0.2, -0.15) is 0 Å². The third kappa shape index (κ3) is 11.4. The predicted molar refractivity (Wildman–Crippen MR) is 130 cm³/mol. The smallest absolute Gasteiger partial charge is 0.306 e. The normalized spacial score (nSPS) is 17.6. The Hall–Kier alpha value is -2.37. The topological polar surface area (TPSA) is 70.5 Å². The third-order valence-electron chi connectivity index (χ3n) is 5.79. The molecule has 0 saturated carbocycles. The Labute approximate surface area is 199 Å². The van der Waals surface area contributed by atoms with Gasteiger partial charge in [0.25, 0.3) is 5.79 Å². The van der Waals surface area contributed by atoms with Gasteiger partial charge in [-0.1, -0.05) is 70.4 Å². The van der Waals surface area contributed by atoms with Gasteiger partial charge in [0.1, 0.15) is 12.0 Å². The van der Waals surface area contributed by atoms with E-state index in [9.17, 15) is 4.79 Å². The minimum atomic E-state index is -1.03. The summed E-state index contributed by atoms with van der Waals surface area (Å²) in [6, 6.07) is 0. The first-order valence-electron chi connectivity index (χ1n) is 12.8. The average molecular weight is 459 g/mol. The summed E-state index contributed by atoms with van der Waals surface area (Å²) in [4.78, 5) is 20.2. The molecule has 0 spiro atoms. The van der Waals surface area contributed by atoms with Crippen molar-refractivity contribution in [2.75, 3.05) is 6.61 Å². The van der Waals surface area contributed by atoms with Crippen LogP contribution < -0.4 is 0 Å². The summed E-state index contributed by atoms with van der Waals surface area (Å²) >= 11 is 0. The van der Waals surface area contributed by atoms with Crippen LogP contribution in [0, 0.1) is 0 Å². The van der Waals surface area contributed by atoms with Crippen LogP contribution in [-0.2, 0) is 24.8 Å². The molecule has 1 aromatic heterocycles. The number of ether oxygens (including phenoxy) is 3. The van der Waals surface area contributed by atoms with E-state index in [4.69, 9.17) is 14.2 Å². The standard InChI is InChI=1S/C27H42N2O4/c1-3-4-5-6-7-8-9-10-11-12-13-14-15-16-17-18-26(30)31-22-24-23-32-27(2,33-24)25-21-28-19-20-29-25/h10-11,19-21,23H,3-9,12-18,22H2,1-2H3/b11-10-. The molecule has 1 atom stereocenters. The number of unbranched alkanes of at least 4 members (excludes halogenated alkanes) is 11. The lowest BCUT2D eigenvalue weighted by atomic mass is 10.1. The average Bonchev–Trinajstić information content (AvgIpc) is 3.23. The minimum absolute atomic E-state index is 0.0692. The lowest BCUT2D eigenvalue weighted by molar-refractivity contribution is -0.156. The molecule has 0 fully saturated rings. The molecular weight excluding hydrogens is 416 g/mol. The van der Waals surface area contributed by atoms with E-state index < -0.39 is 5.79 Å². The summed E-state index contributed by atoms with van der Waals surface area (Å²) in [5.41, 5.74) is 0.566. The van der Waals surface area contributed by atoms with E-state index >= 15 is 0 Å². The summed E-state index contributed by atoms with van der Waals surface area (Å²) in [7, 11) is 0. The summed E-state index contributed by atoms with van der Waals surface area (Å²) in [6.45, 7) is 4.09. The number of hydrogen-bond donors (Lipinski definition) is 0. The number of esters is 1. The zero-order chi connectivity index (χ0) is 23.6. The Kier molecular flexibility index (Phi) is 13.3. The van der Waals surface area contributed by atoms with Crippen LogP contribution in [0.1, 0.15) is 109 Å². The van der Waals surface area contributed by atoms with Crippen LogP contribution in [0.15, 0.2) is 42.8 Å². The Morgan fingerprint density at radius 3 is 2.30 bits per heavy atom. The first-order chi connectivity index (χ1) is 16.1. The highest BCUT2D eigenvalue weighted by molar-refractivity contribution is 5.69. The molecule has 0 amide bonds. The maximum Gasteiger partial charge on any atom is 0.306 e. The third-order valence-corrected chi connectivity index (χ3v) is 5.79. The van der Waals surface area contributed by atoms with E-state index in [1.165, 1.54) is 70.5 Å². The van der Waals surface area contributed by atoms with E-state index in [2.05, 4.69) is 29.0 Å². The number of allylic oxidation sites excluding steroid dienone is 2. The van der Waals surface area contributed by atoms with Crippen LogP contribution >= 0.6 is 0 Å². The summed E-state index contributed by atoms with van der Waals surface area (Å²) in [5.74, 6) is -0.759. The molecule has 0 aromatic carbocycles. The number of carbonyl (C=O) groups is 1. The van der Waals surface area contributed by atoms with Crippen LogP contribution in [0.5, 0.6) is 0 Å². The number of carbonyl (C=O) groups excluding carboxylic acids is 1. The van der Waals surface area contributed by atoms with Crippen molar-refractivity contribution in [3.05, 3.63) is 48.5 Å². The van der Waals surface area contributed by atoms with Gasteiger partial charge in [0.05, 0.1) is 6.20 Å². The van der Waals surface area contributed by atoms with Gasteiger partial charge in [-0.05, 0) is 32.1 Å². The van der Waals surface area contributed by atoms with Gasteiger partial charge in [-0.25, -0.2) is 4.98 Å². The number of nitrogens with zero attached hydrogens (tertiary/aromatic N) is 2. The zero-order valence-corrected chi connectivity index (χ0v) is 20.6. The van der Waals surface area contributed by atoms with E-state index in [-0.39, 0.29) is 12.6 Å². The molecule has 1 aromatic rings. The molecule has 0 aliphatic carbocycles. The van der Waals surface area contributed by atoms with Crippen LogP contribution in [0.25, 0.3) is 0 Å². The van der Waals surface area contributed by atoms with Gasteiger partial charge in [-0.15, -0.1) is 0 Å². The van der Waals surface area contributed by atoms with Gasteiger partial charge < -0.3 is 14.2 Å². The highest BCUT2D eigenvalue weighted by Crippen LogP contribution is 2.33. The SMILES string of the molecule is CCCCCCCC/C=C\CCCCCCCC(=O)OCC1=COC(C)(c2cnccn2)O1. The van der Waals surface area contributed by atoms with E-state index in [1.54, 1.807) is 25.5 Å². The van der Waals surface area contributed by atoms with Crippen molar-refractivity contribution < 1.29 is 19.0 Å². The fourth-order valence-corrected chi connectivity index (χ4v) is 3.75. The number of hydrogen-bond acceptors (Lipinski definition) is 6. The van der Waals surface area contributed by atoms with E-state index in [0.717, 1.165) is 19.3 Å². The second kappa shape index (κ2) is 16.3. The van der Waals surface area contributed by atoms with E-state index in [1.807, 2.05) is 0 Å². The first kappa shape index (κ1) is 26.9. The molecule has 2 heterocycles. The first-order valence-corrected chi connectivity index (χ1v) is 12.8. The van der Waals surface area contributed by atoms with E-state index in [0.29, 0.717) is 17.9 Å². The Morgan fingerprint density at radius 2 is 1.64 bits per heavy atom. The van der Waals surface area contributed by atoms with Crippen LogP contribution in [-0.4, -0.2) is 22.5 Å². The molecule has 0 N–H and O–H groups in total. The molecule has 1 aliphatic heterocycles. The quantitative estimate of drug-likeness (QED) is 0.132. The van der Waals surface area contributed by atoms with Gasteiger partial charge in [0.15, 0.2) is 12.4 Å². The second-order valence-electron chi connectivity index (χ2n) is 8.84. The van der Waals surface area contributed by atoms with Crippen molar-refractivity contribution in [3.8, 4) is 0 Å². The van der Waals surface area contributed by atoms with Crippen molar-refractivity contribution >= 4 is 5.97 Å². The molecule has 2 rings (SSSR count). The van der Waals surface area contributed by atoms with Crippen molar-refractivity contribution in [2.45, 2.75) is 110 Å². The van der Waals surface area contributed by atoms with Crippen molar-refractivity contribution in [1.82, 2.24) is 9.97 Å². The number of aromatic nitrogens is 2. The second-order valence-corrected chi connectivity index (χ2v) is 8.84. The molecule has 1 unspecified atom stereocenters. The van der Waals surface area contributed by atoms with Gasteiger partial charge in [0.2, 0.25) is 0 Å². The Balaban J connectivity index is 1.40. The molecular formula is C27H42N2O4. The van der Waals surface area contributed by atoms with Gasteiger partial charge >= 0.3 is 5.97 Å². The van der Waals surface area contributed by atoms with Crippen LogP contribution in [0.3, 0.4) is 0 Å². The molecule has 33 heavy (non-hydrogen) atoms. The Bertz CT molecular complexity index is 720. The highest BCUT2D eigenvalue weighted by Gasteiger charge is 2.37. The summed E-state index contributed by atoms with van der Waals surface area (Å²) < 4.78 is 16.7. The highest BCUT2D eigenvalue weighted by atomic mass is 16.7. The number of rotatable bonds is 18. The molecule has 0 saturated heterocycles. The largest absolute Gasteiger partial charge is 0.457 e.